The van der Waals surface area contributed by atoms with E-state index in [-0.39, 0.29) is 24.3 Å². The number of thiophene rings is 1. The first-order chi connectivity index (χ1) is 15.1. The molecule has 0 aromatic carbocycles. The lowest BCUT2D eigenvalue weighted by molar-refractivity contribution is -0.117. The van der Waals surface area contributed by atoms with Gasteiger partial charge in [0.15, 0.2) is 5.76 Å². The van der Waals surface area contributed by atoms with Crippen molar-refractivity contribution in [2.45, 2.75) is 32.1 Å². The van der Waals surface area contributed by atoms with E-state index in [1.807, 2.05) is 4.90 Å². The molecule has 1 N–H and O–H groups in total. The first-order valence-corrected chi connectivity index (χ1v) is 11.5. The fourth-order valence-electron chi connectivity index (χ4n) is 4.18. The third kappa shape index (κ3) is 4.83. The van der Waals surface area contributed by atoms with Crippen LogP contribution in [0.15, 0.2) is 22.8 Å². The van der Waals surface area contributed by atoms with Crippen LogP contribution >= 0.6 is 11.3 Å². The van der Waals surface area contributed by atoms with Gasteiger partial charge >= 0.3 is 5.97 Å². The summed E-state index contributed by atoms with van der Waals surface area (Å²) in [5.41, 5.74) is 1.56. The summed E-state index contributed by atoms with van der Waals surface area (Å²) in [5, 5.41) is 3.54. The van der Waals surface area contributed by atoms with Crippen LogP contribution in [0.4, 0.5) is 5.00 Å². The van der Waals surface area contributed by atoms with E-state index in [0.29, 0.717) is 42.5 Å². The topological polar surface area (TPSA) is 92.1 Å². The quantitative estimate of drug-likeness (QED) is 0.562. The zero-order valence-corrected chi connectivity index (χ0v) is 18.5. The second-order valence-electron chi connectivity index (χ2n) is 7.85. The average molecular weight is 446 g/mol. The number of esters is 1. The first kappa shape index (κ1) is 21.6. The van der Waals surface area contributed by atoms with Crippen LogP contribution in [0.5, 0.6) is 0 Å². The molecule has 2 aromatic rings. The Morgan fingerprint density at radius 1 is 1.13 bits per heavy atom. The highest BCUT2D eigenvalue weighted by atomic mass is 32.1. The second kappa shape index (κ2) is 9.65. The maximum atomic E-state index is 12.7. The van der Waals surface area contributed by atoms with Gasteiger partial charge in [-0.3, -0.25) is 14.5 Å². The first-order valence-electron chi connectivity index (χ1n) is 10.6. The average Bonchev–Trinajstić information content (AvgIpc) is 3.36. The zero-order chi connectivity index (χ0) is 21.8. The maximum absolute atomic E-state index is 12.7. The Morgan fingerprint density at radius 2 is 1.90 bits per heavy atom. The summed E-state index contributed by atoms with van der Waals surface area (Å²) in [5.74, 6) is -0.344. The smallest absolute Gasteiger partial charge is 0.341 e. The predicted molar refractivity (Wildman–Crippen MR) is 117 cm³/mol. The molecule has 2 aromatic heterocycles. The minimum atomic E-state index is -0.389. The van der Waals surface area contributed by atoms with Gasteiger partial charge in [0.25, 0.3) is 5.91 Å². The standard InChI is InChI=1S/C22H27N3O5S/c1-29-22(28)19-15-6-3-2-4-8-17(15)31-20(19)23-18(26)14-24-9-11-25(12-10-24)21(27)16-7-5-13-30-16/h5,7,13H,2-4,6,8-12,14H2,1H3,(H,23,26). The molecule has 3 heterocycles. The molecule has 0 atom stereocenters. The van der Waals surface area contributed by atoms with Gasteiger partial charge in [0, 0.05) is 31.1 Å². The fraction of sp³-hybridized carbons (Fsp3) is 0.500. The minimum Gasteiger partial charge on any atom is -0.465 e. The molecule has 4 rings (SSSR count). The highest BCUT2D eigenvalue weighted by molar-refractivity contribution is 7.17. The molecule has 0 radical (unpaired) electrons. The molecule has 8 nitrogen and oxygen atoms in total. The maximum Gasteiger partial charge on any atom is 0.341 e. The van der Waals surface area contributed by atoms with E-state index in [4.69, 9.17) is 9.15 Å². The number of furan rings is 1. The van der Waals surface area contributed by atoms with Crippen LogP contribution in [0.25, 0.3) is 0 Å². The van der Waals surface area contributed by atoms with Crippen LogP contribution in [-0.2, 0) is 22.4 Å². The van der Waals surface area contributed by atoms with Crippen LogP contribution < -0.4 is 5.32 Å². The Labute approximate surface area is 185 Å². The number of nitrogens with zero attached hydrogens (tertiary/aromatic N) is 2. The molecule has 31 heavy (non-hydrogen) atoms. The highest BCUT2D eigenvalue weighted by Gasteiger charge is 2.28. The highest BCUT2D eigenvalue weighted by Crippen LogP contribution is 2.37. The molecule has 0 bridgehead atoms. The van der Waals surface area contributed by atoms with Gasteiger partial charge in [-0.2, -0.15) is 0 Å². The lowest BCUT2D eigenvalue weighted by atomic mass is 10.1. The molecule has 0 spiro atoms. The molecule has 2 aliphatic rings. The van der Waals surface area contributed by atoms with Crippen molar-refractivity contribution in [2.24, 2.45) is 0 Å². The molecule has 1 fully saturated rings. The van der Waals surface area contributed by atoms with Crippen molar-refractivity contribution in [3.63, 3.8) is 0 Å². The summed E-state index contributed by atoms with van der Waals surface area (Å²) in [4.78, 5) is 42.5. The Bertz CT molecular complexity index is 945. The number of rotatable bonds is 5. The number of carbonyl (C=O) groups is 3. The number of hydrogen-bond acceptors (Lipinski definition) is 7. The summed E-state index contributed by atoms with van der Waals surface area (Å²) in [6.45, 7) is 2.49. The van der Waals surface area contributed by atoms with Gasteiger partial charge in [0.2, 0.25) is 5.91 Å². The van der Waals surface area contributed by atoms with E-state index >= 15 is 0 Å². The van der Waals surface area contributed by atoms with Crippen molar-refractivity contribution in [3.05, 3.63) is 40.2 Å². The lowest BCUT2D eigenvalue weighted by Gasteiger charge is -2.33. The van der Waals surface area contributed by atoms with Crippen molar-refractivity contribution < 1.29 is 23.5 Å². The molecule has 9 heteroatoms. The van der Waals surface area contributed by atoms with Crippen LogP contribution in [0.3, 0.4) is 0 Å². The van der Waals surface area contributed by atoms with Gasteiger partial charge in [-0.05, 0) is 43.4 Å². The molecule has 1 saturated heterocycles. The van der Waals surface area contributed by atoms with Crippen molar-refractivity contribution in [1.82, 2.24) is 9.80 Å². The summed E-state index contributed by atoms with van der Waals surface area (Å²) in [7, 11) is 1.37. The Kier molecular flexibility index (Phi) is 6.72. The molecule has 166 valence electrons. The summed E-state index contributed by atoms with van der Waals surface area (Å²) in [6.07, 6.45) is 6.56. The van der Waals surface area contributed by atoms with Gasteiger partial charge in [-0.25, -0.2) is 4.79 Å². The molecule has 2 amide bonds. The van der Waals surface area contributed by atoms with Gasteiger partial charge in [0.1, 0.15) is 5.00 Å². The molecular weight excluding hydrogens is 418 g/mol. The summed E-state index contributed by atoms with van der Waals surface area (Å²) < 4.78 is 10.2. The van der Waals surface area contributed by atoms with Crippen molar-refractivity contribution in [1.29, 1.82) is 0 Å². The number of nitrogens with one attached hydrogen (secondary N) is 1. The predicted octanol–water partition coefficient (Wildman–Crippen LogP) is 2.79. The number of amides is 2. The Hall–Kier alpha value is -2.65. The minimum absolute atomic E-state index is 0.128. The van der Waals surface area contributed by atoms with Crippen LogP contribution in [0.1, 0.15) is 50.6 Å². The normalized spacial score (nSPS) is 17.0. The van der Waals surface area contributed by atoms with E-state index in [2.05, 4.69) is 5.32 Å². The largest absolute Gasteiger partial charge is 0.465 e. The number of hydrogen-bond donors (Lipinski definition) is 1. The molecule has 1 aliphatic heterocycles. The van der Waals surface area contributed by atoms with Gasteiger partial charge < -0.3 is 19.4 Å². The Morgan fingerprint density at radius 3 is 2.61 bits per heavy atom. The summed E-state index contributed by atoms with van der Waals surface area (Å²) >= 11 is 1.50. The van der Waals surface area contributed by atoms with E-state index in [9.17, 15) is 14.4 Å². The molecule has 0 saturated carbocycles. The van der Waals surface area contributed by atoms with Gasteiger partial charge in [-0.1, -0.05) is 6.42 Å². The van der Waals surface area contributed by atoms with Crippen molar-refractivity contribution >= 4 is 34.1 Å². The number of ether oxygens (including phenoxy) is 1. The Balaban J connectivity index is 1.36. The molecule has 1 aliphatic carbocycles. The van der Waals surface area contributed by atoms with Crippen molar-refractivity contribution in [2.75, 3.05) is 45.2 Å². The number of carbonyl (C=O) groups excluding carboxylic acids is 3. The van der Waals surface area contributed by atoms with Crippen molar-refractivity contribution in [3.8, 4) is 0 Å². The van der Waals surface area contributed by atoms with E-state index < -0.39 is 0 Å². The van der Waals surface area contributed by atoms with E-state index in [1.165, 1.54) is 29.6 Å². The van der Waals surface area contributed by atoms with Crippen LogP contribution in [-0.4, -0.2) is 67.4 Å². The summed E-state index contributed by atoms with van der Waals surface area (Å²) in [6, 6.07) is 3.35. The third-order valence-electron chi connectivity index (χ3n) is 5.82. The fourth-order valence-corrected chi connectivity index (χ4v) is 5.48. The van der Waals surface area contributed by atoms with E-state index in [1.54, 1.807) is 17.0 Å². The van der Waals surface area contributed by atoms with E-state index in [0.717, 1.165) is 37.7 Å². The number of aryl methyl sites for hydroxylation is 1. The lowest BCUT2D eigenvalue weighted by Crippen LogP contribution is -2.50. The number of piperazine rings is 1. The van der Waals surface area contributed by atoms with Crippen LogP contribution in [0.2, 0.25) is 0 Å². The molecule has 0 unspecified atom stereocenters. The molecular formula is C22H27N3O5S. The van der Waals surface area contributed by atoms with Gasteiger partial charge in [-0.15, -0.1) is 11.3 Å². The van der Waals surface area contributed by atoms with Crippen LogP contribution in [0, 0.1) is 0 Å². The number of anilines is 1. The monoisotopic (exact) mass is 445 g/mol. The van der Waals surface area contributed by atoms with Gasteiger partial charge in [0.05, 0.1) is 25.5 Å². The zero-order valence-electron chi connectivity index (χ0n) is 17.6. The number of fused-ring (bicyclic) bond motifs is 1. The number of methoxy groups -OCH3 is 1. The third-order valence-corrected chi connectivity index (χ3v) is 7.03. The second-order valence-corrected chi connectivity index (χ2v) is 8.96. The SMILES string of the molecule is COC(=O)c1c(NC(=O)CN2CCN(C(=O)c3ccco3)CC2)sc2c1CCCCC2.